The van der Waals surface area contributed by atoms with Crippen LogP contribution in [-0.4, -0.2) is 27.0 Å². The number of fused-ring (bicyclic) bond motifs is 1. The molecule has 2 heterocycles. The molecule has 0 amide bonds. The van der Waals surface area contributed by atoms with Gasteiger partial charge in [0, 0.05) is 48.9 Å². The zero-order valence-corrected chi connectivity index (χ0v) is 15.2. The van der Waals surface area contributed by atoms with Crippen LogP contribution in [0.2, 0.25) is 0 Å². The van der Waals surface area contributed by atoms with Gasteiger partial charge in [-0.25, -0.2) is 23.1 Å². The van der Waals surface area contributed by atoms with E-state index in [4.69, 9.17) is 5.73 Å². The molecule has 156 valence electrons. The number of hydrogen-bond donors (Lipinski definition) is 1. The number of nitrogens with zero attached hydrogens (tertiary/aromatic N) is 3. The van der Waals surface area contributed by atoms with Crippen LogP contribution < -0.4 is 5.73 Å². The maximum atomic E-state index is 14.1. The second-order valence-corrected chi connectivity index (χ2v) is 7.59. The van der Waals surface area contributed by atoms with Gasteiger partial charge in [0.1, 0.15) is 5.82 Å². The van der Waals surface area contributed by atoms with E-state index in [0.29, 0.717) is 43.1 Å². The minimum absolute atomic E-state index is 0.0295. The molecule has 2 aliphatic rings. The molecule has 0 radical (unpaired) electrons. The van der Waals surface area contributed by atoms with E-state index in [9.17, 15) is 26.3 Å². The highest BCUT2D eigenvalue weighted by atomic mass is 19.4. The van der Waals surface area contributed by atoms with Crippen molar-refractivity contribution in [3.8, 4) is 0 Å². The van der Waals surface area contributed by atoms with Crippen LogP contribution in [-0.2, 0) is 19.3 Å². The Morgan fingerprint density at radius 1 is 1.00 bits per heavy atom. The molecule has 1 aromatic carbocycles. The first-order valence-electron chi connectivity index (χ1n) is 9.19. The topological polar surface area (TPSA) is 55.0 Å². The third kappa shape index (κ3) is 3.83. The molecule has 29 heavy (non-hydrogen) atoms. The Kier molecular flexibility index (Phi) is 5.02. The van der Waals surface area contributed by atoms with Crippen molar-refractivity contribution in [1.29, 1.82) is 0 Å². The maximum Gasteiger partial charge on any atom is 0.451 e. The highest BCUT2D eigenvalue weighted by Gasteiger charge is 2.39. The van der Waals surface area contributed by atoms with Gasteiger partial charge in [-0.15, -0.1) is 0 Å². The van der Waals surface area contributed by atoms with Crippen molar-refractivity contribution in [2.75, 3.05) is 0 Å². The van der Waals surface area contributed by atoms with E-state index in [1.807, 2.05) is 4.90 Å². The Bertz CT molecular complexity index is 932. The monoisotopic (exact) mass is 416 g/mol. The smallest absolute Gasteiger partial charge is 0.327 e. The lowest BCUT2D eigenvalue weighted by Crippen LogP contribution is -2.44. The molecule has 4 nitrogen and oxygen atoms in total. The Labute approximate surface area is 162 Å². The molecule has 3 atom stereocenters. The number of aromatic nitrogens is 2. The number of alkyl halides is 3. The molecule has 4 rings (SSSR count). The number of rotatable bonds is 2. The third-order valence-electron chi connectivity index (χ3n) is 5.76. The SMILES string of the molecule is N[C@H]1C[C@@H](N2Cc3cnc(C(F)(F)F)nc3C2)CCC1c1cc(F)c(F)cc1F. The van der Waals surface area contributed by atoms with Gasteiger partial charge in [0.25, 0.3) is 0 Å². The van der Waals surface area contributed by atoms with Crippen molar-refractivity contribution in [1.82, 2.24) is 14.9 Å². The molecule has 1 aliphatic heterocycles. The fraction of sp³-hybridized carbons (Fsp3) is 0.474. The summed E-state index contributed by atoms with van der Waals surface area (Å²) in [5.41, 5.74) is 7.26. The van der Waals surface area contributed by atoms with Crippen molar-refractivity contribution in [2.45, 2.75) is 56.5 Å². The van der Waals surface area contributed by atoms with Crippen LogP contribution in [0.1, 0.15) is 47.8 Å². The summed E-state index contributed by atoms with van der Waals surface area (Å²) in [6.07, 6.45) is -1.88. The third-order valence-corrected chi connectivity index (χ3v) is 5.76. The first kappa shape index (κ1) is 20.1. The van der Waals surface area contributed by atoms with Gasteiger partial charge in [-0.2, -0.15) is 13.2 Å². The molecule has 10 heteroatoms. The van der Waals surface area contributed by atoms with Crippen molar-refractivity contribution < 1.29 is 26.3 Å². The lowest BCUT2D eigenvalue weighted by atomic mass is 9.77. The summed E-state index contributed by atoms with van der Waals surface area (Å²) in [5, 5.41) is 0. The number of benzene rings is 1. The number of nitrogens with two attached hydrogens (primary N) is 1. The molecule has 0 spiro atoms. The van der Waals surface area contributed by atoms with Crippen LogP contribution >= 0.6 is 0 Å². The van der Waals surface area contributed by atoms with Crippen LogP contribution in [0.5, 0.6) is 0 Å². The van der Waals surface area contributed by atoms with Crippen molar-refractivity contribution in [2.24, 2.45) is 5.73 Å². The Morgan fingerprint density at radius 3 is 2.41 bits per heavy atom. The quantitative estimate of drug-likeness (QED) is 0.596. The predicted molar refractivity (Wildman–Crippen MR) is 91.0 cm³/mol. The standard InChI is InChI=1S/C19H18F6N4/c20-13-5-15(22)14(21)4-12(13)11-2-1-10(3-16(11)26)29-7-9-6-27-18(19(23,24)25)28-17(9)8-29/h4-6,10-11,16H,1-3,7-8,26H2/t10-,11?,16-/m0/s1. The van der Waals surface area contributed by atoms with Gasteiger partial charge in [-0.05, 0) is 30.9 Å². The Hall–Kier alpha value is -2.20. The summed E-state index contributed by atoms with van der Waals surface area (Å²) < 4.78 is 79.3. The summed E-state index contributed by atoms with van der Waals surface area (Å²) in [6.45, 7) is 0.664. The molecular formula is C19H18F6N4. The van der Waals surface area contributed by atoms with Crippen LogP contribution in [0.15, 0.2) is 18.3 Å². The van der Waals surface area contributed by atoms with Crippen LogP contribution in [0.3, 0.4) is 0 Å². The summed E-state index contributed by atoms with van der Waals surface area (Å²) in [4.78, 5) is 9.03. The van der Waals surface area contributed by atoms with Gasteiger partial charge in [-0.1, -0.05) is 0 Å². The van der Waals surface area contributed by atoms with E-state index < -0.39 is 41.4 Å². The average Bonchev–Trinajstić information content (AvgIpc) is 3.07. The van der Waals surface area contributed by atoms with E-state index in [1.54, 1.807) is 0 Å². The lowest BCUT2D eigenvalue weighted by Gasteiger charge is -2.38. The highest BCUT2D eigenvalue weighted by Crippen LogP contribution is 2.38. The van der Waals surface area contributed by atoms with Gasteiger partial charge >= 0.3 is 6.18 Å². The number of hydrogen-bond acceptors (Lipinski definition) is 4. The zero-order valence-electron chi connectivity index (χ0n) is 15.2. The van der Waals surface area contributed by atoms with Gasteiger partial charge < -0.3 is 5.73 Å². The first-order valence-corrected chi connectivity index (χ1v) is 9.19. The molecular weight excluding hydrogens is 398 g/mol. The number of halogens is 6. The fourth-order valence-electron chi connectivity index (χ4n) is 4.30. The van der Waals surface area contributed by atoms with Gasteiger partial charge in [0.2, 0.25) is 5.82 Å². The molecule has 0 saturated heterocycles. The van der Waals surface area contributed by atoms with Crippen LogP contribution in [0.4, 0.5) is 26.3 Å². The molecule has 0 bridgehead atoms. The largest absolute Gasteiger partial charge is 0.451 e. The van der Waals surface area contributed by atoms with Crippen molar-refractivity contribution in [3.63, 3.8) is 0 Å². The average molecular weight is 416 g/mol. The molecule has 1 saturated carbocycles. The van der Waals surface area contributed by atoms with Crippen molar-refractivity contribution >= 4 is 0 Å². The molecule has 1 fully saturated rings. The van der Waals surface area contributed by atoms with E-state index in [2.05, 4.69) is 9.97 Å². The Morgan fingerprint density at radius 2 is 1.72 bits per heavy atom. The second-order valence-electron chi connectivity index (χ2n) is 7.59. The van der Waals surface area contributed by atoms with E-state index >= 15 is 0 Å². The Balaban J connectivity index is 1.46. The van der Waals surface area contributed by atoms with E-state index in [1.165, 1.54) is 6.20 Å². The van der Waals surface area contributed by atoms with Crippen LogP contribution in [0, 0.1) is 17.5 Å². The minimum atomic E-state index is -4.60. The van der Waals surface area contributed by atoms with Gasteiger partial charge in [-0.3, -0.25) is 4.90 Å². The van der Waals surface area contributed by atoms with Crippen LogP contribution in [0.25, 0.3) is 0 Å². The zero-order chi connectivity index (χ0) is 20.9. The van der Waals surface area contributed by atoms with E-state index in [0.717, 1.165) is 6.07 Å². The molecule has 2 N–H and O–H groups in total. The summed E-state index contributed by atoms with van der Waals surface area (Å²) in [5.74, 6) is -4.81. The lowest BCUT2D eigenvalue weighted by molar-refractivity contribution is -0.145. The molecule has 1 aliphatic carbocycles. The normalized spacial score (nSPS) is 25.3. The maximum absolute atomic E-state index is 14.1. The fourth-order valence-corrected chi connectivity index (χ4v) is 4.30. The predicted octanol–water partition coefficient (Wildman–Crippen LogP) is 3.89. The minimum Gasteiger partial charge on any atom is -0.327 e. The highest BCUT2D eigenvalue weighted by molar-refractivity contribution is 5.27. The second kappa shape index (κ2) is 7.24. The first-order chi connectivity index (χ1) is 13.6. The summed E-state index contributed by atoms with van der Waals surface area (Å²) in [6, 6.07) is 0.860. The summed E-state index contributed by atoms with van der Waals surface area (Å²) in [7, 11) is 0. The molecule has 1 unspecified atom stereocenters. The van der Waals surface area contributed by atoms with Crippen molar-refractivity contribution in [3.05, 3.63) is 58.4 Å². The molecule has 1 aromatic heterocycles. The van der Waals surface area contributed by atoms with Gasteiger partial charge in [0.05, 0.1) is 5.69 Å². The van der Waals surface area contributed by atoms with E-state index in [-0.39, 0.29) is 18.2 Å². The summed E-state index contributed by atoms with van der Waals surface area (Å²) >= 11 is 0. The van der Waals surface area contributed by atoms with Gasteiger partial charge in [0.15, 0.2) is 11.6 Å². The molecule has 2 aromatic rings.